The minimum atomic E-state index is -0.385. The number of ketones is 1. The number of H-pyrrole nitrogens is 1. The van der Waals surface area contributed by atoms with E-state index in [0.717, 1.165) is 13.1 Å². The van der Waals surface area contributed by atoms with Gasteiger partial charge in [-0.3, -0.25) is 9.69 Å². The second kappa shape index (κ2) is 7.49. The number of ether oxygens (including phenoxy) is 2. The third-order valence-electron chi connectivity index (χ3n) is 4.54. The van der Waals surface area contributed by atoms with E-state index < -0.39 is 0 Å². The Morgan fingerprint density at radius 1 is 1.29 bits per heavy atom. The summed E-state index contributed by atoms with van der Waals surface area (Å²) in [5.74, 6) is -0.392. The maximum atomic E-state index is 13.0. The van der Waals surface area contributed by atoms with Crippen molar-refractivity contribution in [3.8, 4) is 0 Å². The first kappa shape index (κ1) is 18.7. The Balaban J connectivity index is 2.23. The average Bonchev–Trinajstić information content (AvgIpc) is 2.80. The highest BCUT2D eigenvalue weighted by atomic mass is 16.5. The number of nitrogens with zero attached hydrogens (tertiary/aromatic N) is 1. The van der Waals surface area contributed by atoms with E-state index in [4.69, 9.17) is 9.47 Å². The molecule has 1 fully saturated rings. The van der Waals surface area contributed by atoms with Gasteiger partial charge in [0.05, 0.1) is 36.1 Å². The second-order valence-electron chi connectivity index (χ2n) is 6.60. The van der Waals surface area contributed by atoms with Gasteiger partial charge in [-0.05, 0) is 47.1 Å². The van der Waals surface area contributed by atoms with Gasteiger partial charge in [0.25, 0.3) is 0 Å². The molecule has 1 saturated heterocycles. The van der Waals surface area contributed by atoms with Crippen LogP contribution in [0.25, 0.3) is 0 Å². The average molecular weight is 336 g/mol. The van der Waals surface area contributed by atoms with Gasteiger partial charge in [-0.15, -0.1) is 0 Å². The molecule has 0 amide bonds. The normalized spacial score (nSPS) is 23.1. The minimum Gasteiger partial charge on any atom is -0.462 e. The van der Waals surface area contributed by atoms with Gasteiger partial charge in [0.2, 0.25) is 0 Å². The predicted octanol–water partition coefficient (Wildman–Crippen LogP) is 2.49. The van der Waals surface area contributed by atoms with Crippen LogP contribution >= 0.6 is 0 Å². The zero-order chi connectivity index (χ0) is 18.0. The Hall–Kier alpha value is -1.66. The molecule has 6 nitrogen and oxygen atoms in total. The van der Waals surface area contributed by atoms with Gasteiger partial charge in [-0.25, -0.2) is 4.79 Å². The highest BCUT2D eigenvalue weighted by Gasteiger charge is 2.32. The molecule has 1 aromatic heterocycles. The standard InChI is InChI=1S/C18H28N2O4/c1-7-23-18(22)15-12(4)16(19-13(15)5)17(21)14(6)20-8-10(2)24-11(3)9-20/h10-11,14,19H,7-9H2,1-6H3/t10-,11-,14-/m1/s1. The summed E-state index contributed by atoms with van der Waals surface area (Å²) in [6, 6.07) is -0.273. The van der Waals surface area contributed by atoms with E-state index in [1.807, 2.05) is 20.8 Å². The van der Waals surface area contributed by atoms with Crippen LogP contribution in [0.5, 0.6) is 0 Å². The molecule has 1 N–H and O–H groups in total. The summed E-state index contributed by atoms with van der Waals surface area (Å²) >= 11 is 0. The highest BCUT2D eigenvalue weighted by Crippen LogP contribution is 2.23. The Morgan fingerprint density at radius 2 is 1.88 bits per heavy atom. The molecular formula is C18H28N2O4. The van der Waals surface area contributed by atoms with Gasteiger partial charge in [0, 0.05) is 18.8 Å². The molecule has 0 radical (unpaired) electrons. The number of aromatic amines is 1. The maximum absolute atomic E-state index is 13.0. The first-order chi connectivity index (χ1) is 11.3. The number of carbonyl (C=O) groups excluding carboxylic acids is 2. The Morgan fingerprint density at radius 3 is 2.42 bits per heavy atom. The molecule has 6 heteroatoms. The van der Waals surface area contributed by atoms with E-state index in [0.29, 0.717) is 29.1 Å². The largest absolute Gasteiger partial charge is 0.462 e. The first-order valence-electron chi connectivity index (χ1n) is 8.56. The number of esters is 1. The van der Waals surface area contributed by atoms with Crippen molar-refractivity contribution < 1.29 is 19.1 Å². The Kier molecular flexibility index (Phi) is 5.83. The molecule has 0 bridgehead atoms. The van der Waals surface area contributed by atoms with E-state index in [1.54, 1.807) is 20.8 Å². The van der Waals surface area contributed by atoms with Crippen LogP contribution < -0.4 is 0 Å². The van der Waals surface area contributed by atoms with Crippen molar-refractivity contribution in [3.63, 3.8) is 0 Å². The molecular weight excluding hydrogens is 308 g/mol. The van der Waals surface area contributed by atoms with Crippen LogP contribution in [0.1, 0.15) is 59.8 Å². The molecule has 2 heterocycles. The molecule has 0 saturated carbocycles. The van der Waals surface area contributed by atoms with Gasteiger partial charge in [-0.2, -0.15) is 0 Å². The number of nitrogens with one attached hydrogen (secondary N) is 1. The predicted molar refractivity (Wildman–Crippen MR) is 91.6 cm³/mol. The summed E-state index contributed by atoms with van der Waals surface area (Å²) in [6.07, 6.45) is 0.205. The SMILES string of the molecule is CCOC(=O)c1c(C)[nH]c(C(=O)[C@@H](C)N2C[C@@H](C)O[C@H](C)C2)c1C. The number of rotatable bonds is 5. The van der Waals surface area contributed by atoms with Gasteiger partial charge < -0.3 is 14.5 Å². The molecule has 0 unspecified atom stereocenters. The molecule has 1 aliphatic heterocycles. The van der Waals surface area contributed by atoms with Gasteiger partial charge >= 0.3 is 5.97 Å². The van der Waals surface area contributed by atoms with Crippen molar-refractivity contribution >= 4 is 11.8 Å². The third kappa shape index (κ3) is 3.70. The Bertz CT molecular complexity index is 613. The molecule has 1 aliphatic rings. The zero-order valence-electron chi connectivity index (χ0n) is 15.4. The molecule has 1 aromatic rings. The van der Waals surface area contributed by atoms with E-state index in [2.05, 4.69) is 9.88 Å². The van der Waals surface area contributed by atoms with Crippen molar-refractivity contribution in [1.82, 2.24) is 9.88 Å². The first-order valence-corrected chi connectivity index (χ1v) is 8.56. The monoisotopic (exact) mass is 336 g/mol. The lowest BCUT2D eigenvalue weighted by atomic mass is 10.0. The summed E-state index contributed by atoms with van der Waals surface area (Å²) in [7, 11) is 0. The summed E-state index contributed by atoms with van der Waals surface area (Å²) in [5, 5.41) is 0. The van der Waals surface area contributed by atoms with Crippen molar-refractivity contribution in [2.45, 2.75) is 59.8 Å². The lowest BCUT2D eigenvalue weighted by Gasteiger charge is -2.38. The number of Topliss-reactive ketones (excluding diaryl/α,β-unsaturated/α-hetero) is 1. The maximum Gasteiger partial charge on any atom is 0.340 e. The quantitative estimate of drug-likeness (QED) is 0.661. The number of hydrogen-bond acceptors (Lipinski definition) is 5. The minimum absolute atomic E-state index is 0.00699. The van der Waals surface area contributed by atoms with Crippen molar-refractivity contribution in [3.05, 3.63) is 22.5 Å². The third-order valence-corrected chi connectivity index (χ3v) is 4.54. The van der Waals surface area contributed by atoms with Crippen LogP contribution in [-0.4, -0.2) is 59.6 Å². The molecule has 24 heavy (non-hydrogen) atoms. The number of morpholine rings is 1. The number of aryl methyl sites for hydroxylation is 1. The fourth-order valence-corrected chi connectivity index (χ4v) is 3.41. The zero-order valence-corrected chi connectivity index (χ0v) is 15.4. The molecule has 0 aliphatic carbocycles. The van der Waals surface area contributed by atoms with Crippen LogP contribution in [0.2, 0.25) is 0 Å². The van der Waals surface area contributed by atoms with E-state index >= 15 is 0 Å². The van der Waals surface area contributed by atoms with Gasteiger partial charge in [0.15, 0.2) is 5.78 Å². The number of carbonyl (C=O) groups is 2. The van der Waals surface area contributed by atoms with Crippen LogP contribution in [-0.2, 0) is 9.47 Å². The lowest BCUT2D eigenvalue weighted by molar-refractivity contribution is -0.0744. The van der Waals surface area contributed by atoms with Gasteiger partial charge in [-0.1, -0.05) is 0 Å². The lowest BCUT2D eigenvalue weighted by Crippen LogP contribution is -2.51. The summed E-state index contributed by atoms with van der Waals surface area (Å²) < 4.78 is 10.8. The van der Waals surface area contributed by atoms with Crippen LogP contribution in [0.15, 0.2) is 0 Å². The number of aromatic nitrogens is 1. The van der Waals surface area contributed by atoms with Crippen LogP contribution in [0.3, 0.4) is 0 Å². The fourth-order valence-electron chi connectivity index (χ4n) is 3.41. The molecule has 2 rings (SSSR count). The van der Waals surface area contributed by atoms with Crippen molar-refractivity contribution in [2.24, 2.45) is 0 Å². The smallest absolute Gasteiger partial charge is 0.340 e. The summed E-state index contributed by atoms with van der Waals surface area (Å²) in [4.78, 5) is 30.3. The van der Waals surface area contributed by atoms with Crippen molar-refractivity contribution in [1.29, 1.82) is 0 Å². The molecule has 3 atom stereocenters. The summed E-state index contributed by atoms with van der Waals surface area (Å²) in [6.45, 7) is 13.1. The fraction of sp³-hybridized carbons (Fsp3) is 0.667. The summed E-state index contributed by atoms with van der Waals surface area (Å²) in [5.41, 5.74) is 2.30. The molecule has 0 aromatic carbocycles. The van der Waals surface area contributed by atoms with Crippen molar-refractivity contribution in [2.75, 3.05) is 19.7 Å². The van der Waals surface area contributed by atoms with E-state index in [-0.39, 0.29) is 30.0 Å². The molecule has 134 valence electrons. The van der Waals surface area contributed by atoms with E-state index in [1.165, 1.54) is 0 Å². The highest BCUT2D eigenvalue weighted by molar-refractivity contribution is 6.03. The topological polar surface area (TPSA) is 71.6 Å². The van der Waals surface area contributed by atoms with E-state index in [9.17, 15) is 9.59 Å². The van der Waals surface area contributed by atoms with Crippen LogP contribution in [0.4, 0.5) is 0 Å². The second-order valence-corrected chi connectivity index (χ2v) is 6.60. The Labute approximate surface area is 143 Å². The number of hydrogen-bond donors (Lipinski definition) is 1. The molecule has 0 spiro atoms. The van der Waals surface area contributed by atoms with Crippen LogP contribution in [0, 0.1) is 13.8 Å². The van der Waals surface area contributed by atoms with Gasteiger partial charge in [0.1, 0.15) is 0 Å².